The highest BCUT2D eigenvalue weighted by Crippen LogP contribution is 2.12. The highest BCUT2D eigenvalue weighted by atomic mass is 16.5. The zero-order valence-electron chi connectivity index (χ0n) is 11.9. The lowest BCUT2D eigenvalue weighted by atomic mass is 10.1. The molecule has 0 saturated heterocycles. The van der Waals surface area contributed by atoms with Crippen molar-refractivity contribution in [3.8, 4) is 5.75 Å². The van der Waals surface area contributed by atoms with Crippen molar-refractivity contribution in [3.63, 3.8) is 0 Å². The standard InChI is InChI=1S/C15H21NO4/c1-11(2)9-14(17)16-8-7-12-3-5-13(6-4-12)20-10-15(18)19/h3-6,11H,7-10H2,1-2H3,(H,16,17)(H,18,19). The summed E-state index contributed by atoms with van der Waals surface area (Å²) in [6.45, 7) is 4.27. The second kappa shape index (κ2) is 8.19. The molecule has 0 unspecified atom stereocenters. The van der Waals surface area contributed by atoms with Gasteiger partial charge in [-0.2, -0.15) is 0 Å². The number of benzene rings is 1. The van der Waals surface area contributed by atoms with Crippen LogP contribution in [0, 0.1) is 5.92 Å². The van der Waals surface area contributed by atoms with Crippen molar-refractivity contribution < 1.29 is 19.4 Å². The van der Waals surface area contributed by atoms with Gasteiger partial charge in [0.05, 0.1) is 0 Å². The van der Waals surface area contributed by atoms with Crippen LogP contribution in [0.1, 0.15) is 25.8 Å². The molecule has 1 aromatic rings. The van der Waals surface area contributed by atoms with Crippen LogP contribution >= 0.6 is 0 Å². The fourth-order valence-corrected chi connectivity index (χ4v) is 1.69. The molecule has 0 spiro atoms. The molecule has 0 atom stereocenters. The van der Waals surface area contributed by atoms with Crippen LogP contribution in [0.5, 0.6) is 5.75 Å². The van der Waals surface area contributed by atoms with Crippen molar-refractivity contribution in [3.05, 3.63) is 29.8 Å². The molecule has 0 aromatic heterocycles. The molecule has 20 heavy (non-hydrogen) atoms. The summed E-state index contributed by atoms with van der Waals surface area (Å²) < 4.78 is 5.04. The predicted molar refractivity (Wildman–Crippen MR) is 75.7 cm³/mol. The largest absolute Gasteiger partial charge is 0.482 e. The number of carbonyl (C=O) groups is 2. The Kier molecular flexibility index (Phi) is 6.56. The third-order valence-electron chi connectivity index (χ3n) is 2.62. The molecule has 1 rings (SSSR count). The summed E-state index contributed by atoms with van der Waals surface area (Å²) in [7, 11) is 0. The van der Waals surface area contributed by atoms with Gasteiger partial charge in [-0.25, -0.2) is 4.79 Å². The lowest BCUT2D eigenvalue weighted by Gasteiger charge is -2.08. The van der Waals surface area contributed by atoms with Crippen molar-refractivity contribution in [2.45, 2.75) is 26.7 Å². The number of carboxylic acid groups (broad SMARTS) is 1. The van der Waals surface area contributed by atoms with Gasteiger partial charge in [-0.3, -0.25) is 4.79 Å². The number of carboxylic acids is 1. The van der Waals surface area contributed by atoms with Crippen LogP contribution in [-0.4, -0.2) is 30.1 Å². The van der Waals surface area contributed by atoms with Gasteiger partial charge >= 0.3 is 5.97 Å². The molecule has 5 heteroatoms. The van der Waals surface area contributed by atoms with Crippen molar-refractivity contribution in [2.24, 2.45) is 5.92 Å². The summed E-state index contributed by atoms with van der Waals surface area (Å²) in [5, 5.41) is 11.4. The van der Waals surface area contributed by atoms with Gasteiger partial charge in [0.25, 0.3) is 0 Å². The Hall–Kier alpha value is -2.04. The number of aliphatic carboxylic acids is 1. The van der Waals surface area contributed by atoms with Crippen LogP contribution in [0.2, 0.25) is 0 Å². The molecular weight excluding hydrogens is 258 g/mol. The van der Waals surface area contributed by atoms with Crippen molar-refractivity contribution >= 4 is 11.9 Å². The third-order valence-corrected chi connectivity index (χ3v) is 2.62. The fourth-order valence-electron chi connectivity index (χ4n) is 1.69. The molecule has 0 fully saturated rings. The smallest absolute Gasteiger partial charge is 0.341 e. The van der Waals surface area contributed by atoms with E-state index in [4.69, 9.17) is 9.84 Å². The maximum Gasteiger partial charge on any atom is 0.341 e. The first-order valence-electron chi connectivity index (χ1n) is 6.67. The summed E-state index contributed by atoms with van der Waals surface area (Å²) in [6, 6.07) is 7.19. The number of hydrogen-bond acceptors (Lipinski definition) is 3. The van der Waals surface area contributed by atoms with E-state index in [2.05, 4.69) is 5.32 Å². The Labute approximate surface area is 118 Å². The first-order chi connectivity index (χ1) is 9.47. The van der Waals surface area contributed by atoms with E-state index in [1.54, 1.807) is 12.1 Å². The minimum Gasteiger partial charge on any atom is -0.482 e. The molecule has 2 N–H and O–H groups in total. The summed E-state index contributed by atoms with van der Waals surface area (Å²) in [4.78, 5) is 21.8. The molecule has 5 nitrogen and oxygen atoms in total. The first kappa shape index (κ1) is 16.0. The van der Waals surface area contributed by atoms with Crippen LogP contribution in [0.15, 0.2) is 24.3 Å². The van der Waals surface area contributed by atoms with Crippen LogP contribution in [0.3, 0.4) is 0 Å². The normalized spacial score (nSPS) is 10.3. The van der Waals surface area contributed by atoms with E-state index in [-0.39, 0.29) is 12.5 Å². The van der Waals surface area contributed by atoms with E-state index in [0.29, 0.717) is 24.6 Å². The van der Waals surface area contributed by atoms with Gasteiger partial charge in [0.15, 0.2) is 6.61 Å². The Morgan fingerprint density at radius 2 is 1.90 bits per heavy atom. The molecule has 0 bridgehead atoms. The average molecular weight is 279 g/mol. The van der Waals surface area contributed by atoms with E-state index in [0.717, 1.165) is 12.0 Å². The Bertz CT molecular complexity index is 440. The van der Waals surface area contributed by atoms with Gasteiger partial charge < -0.3 is 15.2 Å². The first-order valence-corrected chi connectivity index (χ1v) is 6.67. The summed E-state index contributed by atoms with van der Waals surface area (Å²) in [5.41, 5.74) is 1.07. The number of rotatable bonds is 8. The predicted octanol–water partition coefficient (Wildman–Crippen LogP) is 1.85. The Morgan fingerprint density at radius 3 is 2.45 bits per heavy atom. The van der Waals surface area contributed by atoms with E-state index in [9.17, 15) is 9.59 Å². The molecule has 1 aromatic carbocycles. The molecular formula is C15H21NO4. The summed E-state index contributed by atoms with van der Waals surface area (Å²) >= 11 is 0. The maximum absolute atomic E-state index is 11.5. The maximum atomic E-state index is 11.5. The minimum atomic E-state index is -0.998. The van der Waals surface area contributed by atoms with E-state index in [1.807, 2.05) is 26.0 Å². The Balaban J connectivity index is 2.31. The molecule has 1 amide bonds. The van der Waals surface area contributed by atoms with Crippen molar-refractivity contribution in [1.29, 1.82) is 0 Å². The van der Waals surface area contributed by atoms with Gasteiger partial charge in [-0.05, 0) is 30.0 Å². The van der Waals surface area contributed by atoms with Crippen LogP contribution in [0.4, 0.5) is 0 Å². The van der Waals surface area contributed by atoms with Crippen LogP contribution in [-0.2, 0) is 16.0 Å². The van der Waals surface area contributed by atoms with E-state index >= 15 is 0 Å². The monoisotopic (exact) mass is 279 g/mol. The van der Waals surface area contributed by atoms with Crippen molar-refractivity contribution in [2.75, 3.05) is 13.2 Å². The average Bonchev–Trinajstić information content (AvgIpc) is 2.37. The van der Waals surface area contributed by atoms with Gasteiger partial charge in [0.2, 0.25) is 5.91 Å². The highest BCUT2D eigenvalue weighted by Gasteiger charge is 2.04. The quantitative estimate of drug-likeness (QED) is 0.761. The number of nitrogens with one attached hydrogen (secondary N) is 1. The number of carbonyl (C=O) groups excluding carboxylic acids is 1. The molecule has 0 aliphatic rings. The van der Waals surface area contributed by atoms with Gasteiger partial charge in [0.1, 0.15) is 5.75 Å². The summed E-state index contributed by atoms with van der Waals surface area (Å²) in [6.07, 6.45) is 1.28. The lowest BCUT2D eigenvalue weighted by molar-refractivity contribution is -0.139. The molecule has 0 heterocycles. The van der Waals surface area contributed by atoms with Crippen LogP contribution < -0.4 is 10.1 Å². The second-order valence-corrected chi connectivity index (χ2v) is 5.02. The highest BCUT2D eigenvalue weighted by molar-refractivity contribution is 5.76. The SMILES string of the molecule is CC(C)CC(=O)NCCc1ccc(OCC(=O)O)cc1. The molecule has 0 saturated carbocycles. The number of amides is 1. The topological polar surface area (TPSA) is 75.6 Å². The lowest BCUT2D eigenvalue weighted by Crippen LogP contribution is -2.26. The van der Waals surface area contributed by atoms with Gasteiger partial charge in [0, 0.05) is 13.0 Å². The second-order valence-electron chi connectivity index (χ2n) is 5.02. The molecule has 0 aliphatic heterocycles. The minimum absolute atomic E-state index is 0.0708. The summed E-state index contributed by atoms with van der Waals surface area (Å²) in [5.74, 6) is -0.0380. The van der Waals surface area contributed by atoms with E-state index < -0.39 is 5.97 Å². The van der Waals surface area contributed by atoms with E-state index in [1.165, 1.54) is 0 Å². The third kappa shape index (κ3) is 6.78. The van der Waals surface area contributed by atoms with Gasteiger partial charge in [-0.1, -0.05) is 26.0 Å². The number of hydrogen-bond donors (Lipinski definition) is 2. The zero-order chi connectivity index (χ0) is 15.0. The van der Waals surface area contributed by atoms with Crippen molar-refractivity contribution in [1.82, 2.24) is 5.32 Å². The van der Waals surface area contributed by atoms with Crippen LogP contribution in [0.25, 0.3) is 0 Å². The molecule has 0 radical (unpaired) electrons. The fraction of sp³-hybridized carbons (Fsp3) is 0.467. The van der Waals surface area contributed by atoms with Gasteiger partial charge in [-0.15, -0.1) is 0 Å². The molecule has 0 aliphatic carbocycles. The Morgan fingerprint density at radius 1 is 1.25 bits per heavy atom. The molecule has 110 valence electrons. The zero-order valence-corrected chi connectivity index (χ0v) is 11.9. The number of ether oxygens (including phenoxy) is 1.